The molecule has 0 saturated heterocycles. The van der Waals surface area contributed by atoms with Crippen LogP contribution in [0.25, 0.3) is 0 Å². The molecule has 0 aromatic heterocycles. The van der Waals surface area contributed by atoms with Gasteiger partial charge in [-0.25, -0.2) is 4.39 Å². The minimum atomic E-state index is -0.419. The number of rotatable bonds is 0. The first-order chi connectivity index (χ1) is 5.77. The molecule has 0 saturated carbocycles. The molecule has 4 heteroatoms. The zero-order valence-corrected chi connectivity index (χ0v) is 7.11. The van der Waals surface area contributed by atoms with Gasteiger partial charge in [0.1, 0.15) is 13.2 Å². The molecule has 1 aliphatic heterocycles. The Labute approximate surface area is 74.7 Å². The summed E-state index contributed by atoms with van der Waals surface area (Å²) in [5.41, 5.74) is 0. The molecule has 1 heterocycles. The van der Waals surface area contributed by atoms with Crippen LogP contribution in [0, 0.1) is 5.82 Å². The molecule has 2 rings (SSSR count). The van der Waals surface area contributed by atoms with Crippen LogP contribution in [0.5, 0.6) is 11.5 Å². The van der Waals surface area contributed by atoms with E-state index >= 15 is 0 Å². The highest BCUT2D eigenvalue weighted by Gasteiger charge is 2.16. The lowest BCUT2D eigenvalue weighted by atomic mass is 10.3. The topological polar surface area (TPSA) is 18.5 Å². The Balaban J connectivity index is 2.53. The molecule has 0 amide bonds. The van der Waals surface area contributed by atoms with Crippen molar-refractivity contribution in [1.29, 1.82) is 0 Å². The third kappa shape index (κ3) is 1.22. The highest BCUT2D eigenvalue weighted by molar-refractivity contribution is 7.80. The van der Waals surface area contributed by atoms with Crippen molar-refractivity contribution < 1.29 is 13.9 Å². The third-order valence-corrected chi connectivity index (χ3v) is 1.84. The van der Waals surface area contributed by atoms with E-state index in [-0.39, 0.29) is 5.75 Å². The van der Waals surface area contributed by atoms with Crippen LogP contribution in [0.1, 0.15) is 0 Å². The summed E-state index contributed by atoms with van der Waals surface area (Å²) in [7, 11) is 0. The van der Waals surface area contributed by atoms with E-state index < -0.39 is 5.82 Å². The van der Waals surface area contributed by atoms with Gasteiger partial charge >= 0.3 is 0 Å². The van der Waals surface area contributed by atoms with Crippen LogP contribution in [0.15, 0.2) is 17.0 Å². The van der Waals surface area contributed by atoms with E-state index in [0.29, 0.717) is 23.9 Å². The van der Waals surface area contributed by atoms with Crippen LogP contribution in [0.3, 0.4) is 0 Å². The van der Waals surface area contributed by atoms with E-state index in [1.165, 1.54) is 6.07 Å². The van der Waals surface area contributed by atoms with Gasteiger partial charge in [-0.2, -0.15) is 0 Å². The van der Waals surface area contributed by atoms with Crippen LogP contribution in [-0.2, 0) is 0 Å². The monoisotopic (exact) mass is 186 g/mol. The van der Waals surface area contributed by atoms with Crippen molar-refractivity contribution in [3.8, 4) is 11.5 Å². The van der Waals surface area contributed by atoms with Crippen molar-refractivity contribution >= 4 is 12.6 Å². The van der Waals surface area contributed by atoms with Gasteiger partial charge in [0.05, 0.1) is 0 Å². The van der Waals surface area contributed by atoms with Crippen molar-refractivity contribution in [2.75, 3.05) is 13.2 Å². The van der Waals surface area contributed by atoms with Crippen molar-refractivity contribution in [2.24, 2.45) is 0 Å². The van der Waals surface area contributed by atoms with E-state index in [9.17, 15) is 4.39 Å². The fraction of sp³-hybridized carbons (Fsp3) is 0.250. The molecule has 0 N–H and O–H groups in total. The number of halogens is 1. The van der Waals surface area contributed by atoms with Gasteiger partial charge in [0.15, 0.2) is 17.3 Å². The second kappa shape index (κ2) is 2.86. The normalized spacial score (nSPS) is 14.5. The standard InChI is InChI=1S/C8H7FO2S/c9-6-3-5(12)4-7-8(6)11-2-1-10-7/h3-4,12H,1-2H2. The molecule has 1 aliphatic rings. The number of ether oxygens (including phenoxy) is 2. The van der Waals surface area contributed by atoms with Gasteiger partial charge < -0.3 is 9.47 Å². The van der Waals surface area contributed by atoms with Crippen molar-refractivity contribution in [1.82, 2.24) is 0 Å². The number of fused-ring (bicyclic) bond motifs is 1. The fourth-order valence-corrected chi connectivity index (χ4v) is 1.33. The summed E-state index contributed by atoms with van der Waals surface area (Å²) in [5.74, 6) is 0.211. The molecular formula is C8H7FO2S. The summed E-state index contributed by atoms with van der Waals surface area (Å²) in [6.45, 7) is 0.861. The highest BCUT2D eigenvalue weighted by Crippen LogP contribution is 2.34. The maximum absolute atomic E-state index is 13.1. The van der Waals surface area contributed by atoms with Crippen molar-refractivity contribution in [3.63, 3.8) is 0 Å². The molecule has 0 aliphatic carbocycles. The molecule has 1 aromatic rings. The van der Waals surface area contributed by atoms with E-state index in [1.807, 2.05) is 0 Å². The molecule has 1 aromatic carbocycles. The minimum absolute atomic E-state index is 0.194. The quantitative estimate of drug-likeness (QED) is 0.624. The van der Waals surface area contributed by atoms with E-state index in [2.05, 4.69) is 12.6 Å². The van der Waals surface area contributed by atoms with Gasteiger partial charge in [0, 0.05) is 4.90 Å². The van der Waals surface area contributed by atoms with Crippen LogP contribution in [0.4, 0.5) is 4.39 Å². The second-order valence-electron chi connectivity index (χ2n) is 2.45. The molecule has 0 bridgehead atoms. The Bertz CT molecular complexity index is 314. The maximum Gasteiger partial charge on any atom is 0.197 e. The minimum Gasteiger partial charge on any atom is -0.486 e. The zero-order valence-electron chi connectivity index (χ0n) is 6.21. The largest absolute Gasteiger partial charge is 0.486 e. The Hall–Kier alpha value is -0.900. The number of hydrogen-bond donors (Lipinski definition) is 1. The Morgan fingerprint density at radius 3 is 2.83 bits per heavy atom. The van der Waals surface area contributed by atoms with E-state index in [1.54, 1.807) is 6.07 Å². The SMILES string of the molecule is Fc1cc(S)cc2c1OCCO2. The first kappa shape index (κ1) is 7.73. The van der Waals surface area contributed by atoms with Gasteiger partial charge in [-0.15, -0.1) is 12.6 Å². The highest BCUT2D eigenvalue weighted by atomic mass is 32.1. The molecular weight excluding hydrogens is 179 g/mol. The molecule has 2 nitrogen and oxygen atoms in total. The average Bonchev–Trinajstić information content (AvgIpc) is 2.04. The predicted octanol–water partition coefficient (Wildman–Crippen LogP) is 1.89. The van der Waals surface area contributed by atoms with Crippen LogP contribution in [-0.4, -0.2) is 13.2 Å². The number of thiol groups is 1. The number of hydrogen-bond acceptors (Lipinski definition) is 3. The van der Waals surface area contributed by atoms with Gasteiger partial charge in [0.2, 0.25) is 0 Å². The first-order valence-corrected chi connectivity index (χ1v) is 4.00. The smallest absolute Gasteiger partial charge is 0.197 e. The van der Waals surface area contributed by atoms with Crippen LogP contribution >= 0.6 is 12.6 Å². The predicted molar refractivity (Wildman–Crippen MR) is 44.6 cm³/mol. The van der Waals surface area contributed by atoms with Crippen molar-refractivity contribution in [3.05, 3.63) is 17.9 Å². The molecule has 64 valence electrons. The molecule has 0 radical (unpaired) electrons. The summed E-state index contributed by atoms with van der Waals surface area (Å²) < 4.78 is 23.3. The zero-order chi connectivity index (χ0) is 8.55. The number of benzene rings is 1. The summed E-state index contributed by atoms with van der Waals surface area (Å²) in [4.78, 5) is 0.539. The Kier molecular flexibility index (Phi) is 1.84. The molecule has 12 heavy (non-hydrogen) atoms. The summed E-state index contributed by atoms with van der Waals surface area (Å²) in [6.07, 6.45) is 0. The lowest BCUT2D eigenvalue weighted by molar-refractivity contribution is 0.163. The fourth-order valence-electron chi connectivity index (χ4n) is 1.10. The first-order valence-electron chi connectivity index (χ1n) is 3.55. The molecule has 0 atom stereocenters. The maximum atomic E-state index is 13.1. The third-order valence-electron chi connectivity index (χ3n) is 1.58. The van der Waals surface area contributed by atoms with Crippen LogP contribution in [0.2, 0.25) is 0 Å². The van der Waals surface area contributed by atoms with E-state index in [0.717, 1.165) is 0 Å². The molecule has 0 unspecified atom stereocenters. The van der Waals surface area contributed by atoms with Gasteiger partial charge in [-0.05, 0) is 12.1 Å². The molecule has 0 fully saturated rings. The van der Waals surface area contributed by atoms with Crippen LogP contribution < -0.4 is 9.47 Å². The van der Waals surface area contributed by atoms with Gasteiger partial charge in [0.25, 0.3) is 0 Å². The lowest BCUT2D eigenvalue weighted by Gasteiger charge is -2.18. The Morgan fingerprint density at radius 1 is 1.25 bits per heavy atom. The van der Waals surface area contributed by atoms with Gasteiger partial charge in [-0.3, -0.25) is 0 Å². The van der Waals surface area contributed by atoms with Crippen molar-refractivity contribution in [2.45, 2.75) is 4.90 Å². The molecule has 0 spiro atoms. The van der Waals surface area contributed by atoms with E-state index in [4.69, 9.17) is 9.47 Å². The van der Waals surface area contributed by atoms with Gasteiger partial charge in [-0.1, -0.05) is 0 Å². The average molecular weight is 186 g/mol. The summed E-state index contributed by atoms with van der Waals surface area (Å²) >= 11 is 4.01. The summed E-state index contributed by atoms with van der Waals surface area (Å²) in [6, 6.07) is 2.94. The lowest BCUT2D eigenvalue weighted by Crippen LogP contribution is -2.16. The second-order valence-corrected chi connectivity index (χ2v) is 2.97. The summed E-state index contributed by atoms with van der Waals surface area (Å²) in [5, 5.41) is 0. The Morgan fingerprint density at radius 2 is 2.00 bits per heavy atom.